The Balaban J connectivity index is 1.73. The standard InChI is InChI=1S/C18H19NO2/c1-2-19-16-10-15(13-5-3-4-6-14(13)16)12-7-8-17-18(9-12)21-11-20-17/h3-9,15-16,19H,2,10-11H2,1H3/t15-,16+/m0/s1. The van der Waals surface area contributed by atoms with Gasteiger partial charge >= 0.3 is 0 Å². The molecule has 108 valence electrons. The first kappa shape index (κ1) is 12.7. The molecule has 0 aromatic heterocycles. The van der Waals surface area contributed by atoms with Crippen LogP contribution in [0.3, 0.4) is 0 Å². The largest absolute Gasteiger partial charge is 0.454 e. The van der Waals surface area contributed by atoms with Crippen molar-refractivity contribution in [3.63, 3.8) is 0 Å². The van der Waals surface area contributed by atoms with Crippen molar-refractivity contribution in [2.45, 2.75) is 25.3 Å². The molecule has 21 heavy (non-hydrogen) atoms. The van der Waals surface area contributed by atoms with Crippen LogP contribution in [0.2, 0.25) is 0 Å². The molecule has 2 aromatic rings. The smallest absolute Gasteiger partial charge is 0.231 e. The van der Waals surface area contributed by atoms with Crippen molar-refractivity contribution in [2.75, 3.05) is 13.3 Å². The second-order valence-electron chi connectivity index (χ2n) is 5.64. The first-order valence-corrected chi connectivity index (χ1v) is 7.58. The predicted octanol–water partition coefficient (Wildman–Crippen LogP) is 3.60. The molecular formula is C18H19NO2. The van der Waals surface area contributed by atoms with E-state index in [0.29, 0.717) is 18.8 Å². The van der Waals surface area contributed by atoms with Gasteiger partial charge in [-0.15, -0.1) is 0 Å². The van der Waals surface area contributed by atoms with E-state index in [1.165, 1.54) is 16.7 Å². The third-order valence-electron chi connectivity index (χ3n) is 4.47. The Kier molecular flexibility index (Phi) is 3.08. The lowest BCUT2D eigenvalue weighted by atomic mass is 9.93. The van der Waals surface area contributed by atoms with Crippen LogP contribution in [0, 0.1) is 0 Å². The summed E-state index contributed by atoms with van der Waals surface area (Å²) in [6.45, 7) is 3.49. The van der Waals surface area contributed by atoms with Crippen molar-refractivity contribution in [2.24, 2.45) is 0 Å². The SMILES string of the molecule is CCN[C@@H]1C[C@@H](c2ccc3c(c2)OCO3)c2ccccc21. The number of fused-ring (bicyclic) bond motifs is 2. The first-order valence-electron chi connectivity index (χ1n) is 7.58. The van der Waals surface area contributed by atoms with Gasteiger partial charge < -0.3 is 14.8 Å². The quantitative estimate of drug-likeness (QED) is 0.932. The molecule has 0 bridgehead atoms. The highest BCUT2D eigenvalue weighted by Gasteiger charge is 2.31. The Bertz CT molecular complexity index is 668. The summed E-state index contributed by atoms with van der Waals surface area (Å²) in [6.07, 6.45) is 1.10. The van der Waals surface area contributed by atoms with Crippen LogP contribution in [-0.2, 0) is 0 Å². The minimum absolute atomic E-state index is 0.333. The number of benzene rings is 2. The number of ether oxygens (including phenoxy) is 2. The van der Waals surface area contributed by atoms with E-state index >= 15 is 0 Å². The maximum Gasteiger partial charge on any atom is 0.231 e. The maximum absolute atomic E-state index is 5.52. The van der Waals surface area contributed by atoms with Crippen molar-refractivity contribution in [1.82, 2.24) is 5.32 Å². The summed E-state index contributed by atoms with van der Waals surface area (Å²) in [5.74, 6) is 2.16. The minimum atomic E-state index is 0.333. The Morgan fingerprint density at radius 2 is 1.86 bits per heavy atom. The minimum Gasteiger partial charge on any atom is -0.454 e. The predicted molar refractivity (Wildman–Crippen MR) is 81.9 cm³/mol. The van der Waals surface area contributed by atoms with Crippen LogP contribution in [0.15, 0.2) is 42.5 Å². The van der Waals surface area contributed by atoms with Gasteiger partial charge in [0.1, 0.15) is 0 Å². The maximum atomic E-state index is 5.52. The van der Waals surface area contributed by atoms with E-state index in [0.717, 1.165) is 24.5 Å². The van der Waals surface area contributed by atoms with Gasteiger partial charge in [0, 0.05) is 12.0 Å². The van der Waals surface area contributed by atoms with Crippen molar-refractivity contribution in [3.05, 3.63) is 59.2 Å². The van der Waals surface area contributed by atoms with Gasteiger partial charge in [0.05, 0.1) is 0 Å². The van der Waals surface area contributed by atoms with E-state index in [2.05, 4.69) is 48.6 Å². The summed E-state index contributed by atoms with van der Waals surface area (Å²) in [7, 11) is 0. The molecule has 0 amide bonds. The molecule has 2 atom stereocenters. The van der Waals surface area contributed by atoms with Gasteiger partial charge in [0.25, 0.3) is 0 Å². The molecule has 3 heteroatoms. The fourth-order valence-corrected chi connectivity index (χ4v) is 3.52. The average molecular weight is 281 g/mol. The van der Waals surface area contributed by atoms with Crippen LogP contribution < -0.4 is 14.8 Å². The monoisotopic (exact) mass is 281 g/mol. The molecular weight excluding hydrogens is 262 g/mol. The van der Waals surface area contributed by atoms with Crippen molar-refractivity contribution in [1.29, 1.82) is 0 Å². The zero-order chi connectivity index (χ0) is 14.2. The molecule has 1 aliphatic carbocycles. The van der Waals surface area contributed by atoms with Gasteiger partial charge in [-0.1, -0.05) is 37.3 Å². The molecule has 0 unspecified atom stereocenters. The third-order valence-corrected chi connectivity index (χ3v) is 4.47. The average Bonchev–Trinajstić information content (AvgIpc) is 3.12. The zero-order valence-electron chi connectivity index (χ0n) is 12.1. The summed E-state index contributed by atoms with van der Waals surface area (Å²) in [5, 5.41) is 3.60. The topological polar surface area (TPSA) is 30.5 Å². The Labute approximate surface area is 124 Å². The second-order valence-corrected chi connectivity index (χ2v) is 5.64. The summed E-state index contributed by atoms with van der Waals surface area (Å²) in [6, 6.07) is 15.5. The van der Waals surface area contributed by atoms with Crippen LogP contribution in [0.5, 0.6) is 11.5 Å². The molecule has 2 aliphatic rings. The van der Waals surface area contributed by atoms with Crippen molar-refractivity contribution in [3.8, 4) is 11.5 Å². The zero-order valence-corrected chi connectivity index (χ0v) is 12.1. The normalized spacial score (nSPS) is 22.3. The van der Waals surface area contributed by atoms with Crippen LogP contribution in [-0.4, -0.2) is 13.3 Å². The van der Waals surface area contributed by atoms with Gasteiger partial charge in [-0.3, -0.25) is 0 Å². The molecule has 4 rings (SSSR count). The summed E-state index contributed by atoms with van der Waals surface area (Å²) in [5.41, 5.74) is 4.18. The van der Waals surface area contributed by atoms with Crippen LogP contribution >= 0.6 is 0 Å². The molecule has 0 saturated carbocycles. The third kappa shape index (κ3) is 2.09. The van der Waals surface area contributed by atoms with E-state index in [1.807, 2.05) is 6.07 Å². The van der Waals surface area contributed by atoms with Crippen LogP contribution in [0.4, 0.5) is 0 Å². The van der Waals surface area contributed by atoms with Crippen LogP contribution in [0.1, 0.15) is 42.0 Å². The highest BCUT2D eigenvalue weighted by atomic mass is 16.7. The molecule has 0 radical (unpaired) electrons. The Morgan fingerprint density at radius 1 is 1.05 bits per heavy atom. The summed E-state index contributed by atoms with van der Waals surface area (Å²) >= 11 is 0. The van der Waals surface area contributed by atoms with Gasteiger partial charge in [0.15, 0.2) is 11.5 Å². The van der Waals surface area contributed by atoms with Crippen molar-refractivity contribution < 1.29 is 9.47 Å². The lowest BCUT2D eigenvalue weighted by molar-refractivity contribution is 0.174. The highest BCUT2D eigenvalue weighted by Crippen LogP contribution is 2.46. The Morgan fingerprint density at radius 3 is 2.71 bits per heavy atom. The molecule has 1 aliphatic heterocycles. The fraction of sp³-hybridized carbons (Fsp3) is 0.333. The van der Waals surface area contributed by atoms with Gasteiger partial charge in [0.2, 0.25) is 6.79 Å². The number of hydrogen-bond acceptors (Lipinski definition) is 3. The van der Waals surface area contributed by atoms with E-state index in [4.69, 9.17) is 9.47 Å². The summed E-state index contributed by atoms with van der Waals surface area (Å²) < 4.78 is 10.9. The van der Waals surface area contributed by atoms with E-state index in [1.54, 1.807) is 0 Å². The Hall–Kier alpha value is -2.00. The van der Waals surface area contributed by atoms with E-state index in [-0.39, 0.29) is 0 Å². The first-order chi connectivity index (χ1) is 10.4. The molecule has 0 fully saturated rings. The number of rotatable bonds is 3. The highest BCUT2D eigenvalue weighted by molar-refractivity contribution is 5.50. The molecule has 0 saturated heterocycles. The summed E-state index contributed by atoms with van der Waals surface area (Å²) in [4.78, 5) is 0. The molecule has 3 nitrogen and oxygen atoms in total. The number of hydrogen-bond donors (Lipinski definition) is 1. The molecule has 1 heterocycles. The van der Waals surface area contributed by atoms with Crippen molar-refractivity contribution >= 4 is 0 Å². The lowest BCUT2D eigenvalue weighted by Crippen LogP contribution is -2.18. The molecule has 1 N–H and O–H groups in total. The van der Waals surface area contributed by atoms with Crippen LogP contribution in [0.25, 0.3) is 0 Å². The van der Waals surface area contributed by atoms with Gasteiger partial charge in [-0.25, -0.2) is 0 Å². The lowest BCUT2D eigenvalue weighted by Gasteiger charge is -2.14. The van der Waals surface area contributed by atoms with E-state index < -0.39 is 0 Å². The van der Waals surface area contributed by atoms with Gasteiger partial charge in [-0.2, -0.15) is 0 Å². The number of nitrogens with one attached hydrogen (secondary N) is 1. The van der Waals surface area contributed by atoms with E-state index in [9.17, 15) is 0 Å². The second kappa shape index (κ2) is 5.08. The fourth-order valence-electron chi connectivity index (χ4n) is 3.52. The molecule has 2 aromatic carbocycles. The molecule has 0 spiro atoms. The van der Waals surface area contributed by atoms with Gasteiger partial charge in [-0.05, 0) is 41.8 Å².